The topological polar surface area (TPSA) is 73.8 Å². The van der Waals surface area contributed by atoms with Crippen LogP contribution in [0, 0.1) is 0 Å². The van der Waals surface area contributed by atoms with Crippen LogP contribution in [0.4, 0.5) is 0 Å². The van der Waals surface area contributed by atoms with Crippen LogP contribution in [0.15, 0.2) is 48.5 Å². The Kier molecular flexibility index (Phi) is 20.2. The first-order valence-electron chi connectivity index (χ1n) is 32.9. The van der Waals surface area contributed by atoms with Crippen molar-refractivity contribution >= 4 is 66.5 Å². The van der Waals surface area contributed by atoms with E-state index in [1.807, 2.05) is 0 Å². The summed E-state index contributed by atoms with van der Waals surface area (Å²) >= 11 is 0. The Balaban J connectivity index is 2.35. The van der Waals surface area contributed by atoms with Crippen LogP contribution in [-0.2, 0) is 0 Å². The van der Waals surface area contributed by atoms with Gasteiger partial charge in [-0.15, -0.1) is 0 Å². The van der Waals surface area contributed by atoms with Gasteiger partial charge in [-0.05, 0) is 238 Å². The predicted octanol–water partition coefficient (Wildman–Crippen LogP) is 25.7. The van der Waals surface area contributed by atoms with E-state index in [9.17, 15) is 0 Å². The third kappa shape index (κ3) is 15.6. The largest absolute Gasteiger partial charge is 0.541 e. The van der Waals surface area contributed by atoms with E-state index in [1.54, 1.807) is 0 Å². The van der Waals surface area contributed by atoms with Gasteiger partial charge in [0.2, 0.25) is 0 Å². The molecule has 0 bridgehead atoms. The molecule has 0 atom stereocenters. The number of hydrogen-bond donors (Lipinski definition) is 0. The van der Waals surface area contributed by atoms with Crippen LogP contribution < -0.4 is 35.4 Å². The van der Waals surface area contributed by atoms with Gasteiger partial charge in [-0.3, -0.25) is 0 Å². The lowest BCUT2D eigenvalue weighted by Crippen LogP contribution is -2.46. The van der Waals surface area contributed by atoms with Crippen LogP contribution in [0.5, 0.6) is 46.0 Å². The fraction of sp³-hybridized carbons (Fsp3) is 0.667. The molecule has 1 aliphatic rings. The fourth-order valence-corrected chi connectivity index (χ4v) is 16.2. The Hall–Kier alpha value is -2.98. The summed E-state index contributed by atoms with van der Waals surface area (Å²) in [6, 6.07) is 18.6. The van der Waals surface area contributed by atoms with Crippen LogP contribution in [0.1, 0.15) is 166 Å². The van der Waals surface area contributed by atoms with Gasteiger partial charge in [-0.2, -0.15) is 0 Å². The van der Waals surface area contributed by atoms with Crippen molar-refractivity contribution in [3.05, 3.63) is 48.5 Å². The van der Waals surface area contributed by atoms with Gasteiger partial charge in [0.25, 0.3) is 66.5 Å². The average molecular weight is 1350 g/mol. The Labute approximate surface area is 548 Å². The number of fused-ring (bicyclic) bond motifs is 8. The molecule has 0 saturated heterocycles. The van der Waals surface area contributed by atoms with Crippen molar-refractivity contribution in [1.82, 2.24) is 0 Å². The third-order valence-corrected chi connectivity index (χ3v) is 57.6. The molecule has 88 heavy (non-hydrogen) atoms. The maximum absolute atomic E-state index is 7.71. The van der Waals surface area contributed by atoms with E-state index >= 15 is 0 Å². The van der Waals surface area contributed by atoms with Gasteiger partial charge in [0, 0.05) is 0 Å². The predicted molar refractivity (Wildman–Crippen MR) is 404 cm³/mol. The summed E-state index contributed by atoms with van der Waals surface area (Å²) in [6.45, 7) is 93.1. The lowest BCUT2D eigenvalue weighted by molar-refractivity contribution is 0.439. The molecule has 16 heteroatoms. The lowest BCUT2D eigenvalue weighted by Gasteiger charge is -2.41. The summed E-state index contributed by atoms with van der Waals surface area (Å²) in [5.41, 5.74) is 8.01. The van der Waals surface area contributed by atoms with E-state index in [1.165, 1.54) is 0 Å². The zero-order valence-electron chi connectivity index (χ0n) is 63.9. The van der Waals surface area contributed by atoms with Crippen LogP contribution in [-0.4, -0.2) is 66.5 Å². The van der Waals surface area contributed by atoms with Gasteiger partial charge in [-0.1, -0.05) is 166 Å². The maximum Gasteiger partial charge on any atom is 0.250 e. The van der Waals surface area contributed by atoms with Gasteiger partial charge in [0.15, 0.2) is 0 Å². The quantitative estimate of drug-likeness (QED) is 0.0905. The van der Waals surface area contributed by atoms with E-state index < -0.39 is 66.5 Å². The summed E-state index contributed by atoms with van der Waals surface area (Å²) in [4.78, 5) is 0. The first-order valence-corrected chi connectivity index (χ1v) is 56.2. The molecule has 4 aromatic rings. The SMILES string of the molecule is CC(C)(C)[Si](C)(C)Oc1cc2c(cc1O[Si](C)(C)C(C)(C)C)-c1cc(O[Si](C)(C)C(C)(C)C)c(O[Si](C)(C)C(C)(C)C)cc1-c1cc(O[Si](C)(C)C(C)(C)C)c(O[Si](C)(C)C(C)(C)C)cc1-c1cc(O[Si](C)(C)C(C)(C)C)c(O[Si](C)(C)C(C)(C)C)cc1-2. The highest BCUT2D eigenvalue weighted by Crippen LogP contribution is 2.60. The molecule has 0 spiro atoms. The molecule has 0 fully saturated rings. The van der Waals surface area contributed by atoms with Gasteiger partial charge in [0.1, 0.15) is 46.0 Å². The minimum Gasteiger partial charge on any atom is -0.541 e. The first-order chi connectivity index (χ1) is 38.6. The Morgan fingerprint density at radius 2 is 0.227 bits per heavy atom. The number of benzene rings is 4. The molecule has 0 amide bonds. The van der Waals surface area contributed by atoms with Crippen LogP contribution in [0.25, 0.3) is 44.5 Å². The Morgan fingerprint density at radius 1 is 0.159 bits per heavy atom. The van der Waals surface area contributed by atoms with Crippen LogP contribution in [0.2, 0.25) is 145 Å². The molecule has 0 saturated carbocycles. The van der Waals surface area contributed by atoms with Crippen molar-refractivity contribution < 1.29 is 35.4 Å². The number of hydrogen-bond acceptors (Lipinski definition) is 8. The molecule has 5 rings (SSSR count). The van der Waals surface area contributed by atoms with Crippen molar-refractivity contribution in [1.29, 1.82) is 0 Å². The molecule has 0 heterocycles. The van der Waals surface area contributed by atoms with Gasteiger partial charge in [-0.25, -0.2) is 0 Å². The molecule has 0 radical (unpaired) electrons. The van der Waals surface area contributed by atoms with E-state index in [0.29, 0.717) is 0 Å². The van der Waals surface area contributed by atoms with Crippen molar-refractivity contribution in [3.63, 3.8) is 0 Å². The highest BCUT2D eigenvalue weighted by Gasteiger charge is 2.49. The smallest absolute Gasteiger partial charge is 0.250 e. The molecule has 496 valence electrons. The molecule has 0 aliphatic heterocycles. The van der Waals surface area contributed by atoms with Gasteiger partial charge >= 0.3 is 0 Å². The zero-order valence-corrected chi connectivity index (χ0v) is 71.9. The molecular weight excluding hydrogens is 1220 g/mol. The normalized spacial score (nSPS) is 14.8. The van der Waals surface area contributed by atoms with Crippen LogP contribution in [0.3, 0.4) is 0 Å². The van der Waals surface area contributed by atoms with Crippen molar-refractivity contribution in [2.45, 2.75) is 311 Å². The number of rotatable bonds is 16. The maximum atomic E-state index is 7.71. The van der Waals surface area contributed by atoms with Gasteiger partial charge in [0.05, 0.1) is 0 Å². The first kappa shape index (κ1) is 75.7. The second-order valence-electron chi connectivity index (χ2n) is 38.3. The van der Waals surface area contributed by atoms with E-state index in [0.717, 1.165) is 90.5 Å². The van der Waals surface area contributed by atoms with Crippen molar-refractivity contribution in [2.24, 2.45) is 0 Å². The Morgan fingerprint density at radius 3 is 0.284 bits per heavy atom. The van der Waals surface area contributed by atoms with E-state index in [4.69, 9.17) is 35.4 Å². The second-order valence-corrected chi connectivity index (χ2v) is 76.1. The van der Waals surface area contributed by atoms with Crippen LogP contribution >= 0.6 is 0 Å². The minimum absolute atomic E-state index is 0.115. The van der Waals surface area contributed by atoms with Gasteiger partial charge < -0.3 is 35.4 Å². The molecule has 0 N–H and O–H groups in total. The summed E-state index contributed by atoms with van der Waals surface area (Å²) in [5, 5.41) is -0.917. The molecule has 8 nitrogen and oxygen atoms in total. The van der Waals surface area contributed by atoms with Crippen molar-refractivity contribution in [3.8, 4) is 90.5 Å². The summed E-state index contributed by atoms with van der Waals surface area (Å²) < 4.78 is 61.7. The lowest BCUT2D eigenvalue weighted by atomic mass is 9.80. The minimum atomic E-state index is -2.54. The zero-order chi connectivity index (χ0) is 68.6. The molecule has 0 aromatic heterocycles. The highest BCUT2D eigenvalue weighted by molar-refractivity contribution is 6.78. The molecule has 1 aliphatic carbocycles. The van der Waals surface area contributed by atoms with E-state index in [-0.39, 0.29) is 40.3 Å². The standard InChI is InChI=1S/C72H128O8Si8/c1-65(2,3)81(25,26)73-57-41-49-50(42-58(57)74-82(27,28)66(4,5)6)52-44-60(76-84(31,32)68(10,11)12)62(78-86(35,36)70(16,17)18)46-54(52)56-48-64(80-88(39,40)72(22,23)24)63(79-87(37,38)71(19,20)21)47-55(56)53-45-61(77-85(33,34)69(13,14)15)59(43-51(49)53)75-83(29,30)67(7,8)9/h41-48H,1-40H3. The molecule has 4 aromatic carbocycles. The third-order valence-electron chi connectivity index (χ3n) is 22.9. The Bertz CT molecular complexity index is 2550. The second kappa shape index (κ2) is 23.5. The fourth-order valence-electron chi connectivity index (χ4n) is 8.08. The monoisotopic (exact) mass is 1340 g/mol. The molecular formula is C72H128O8Si8. The van der Waals surface area contributed by atoms with E-state index in [2.05, 4.69) is 319 Å². The van der Waals surface area contributed by atoms with Crippen molar-refractivity contribution in [2.75, 3.05) is 0 Å². The summed E-state index contributed by atoms with van der Waals surface area (Å²) in [6.07, 6.45) is 0. The molecule has 0 unspecified atom stereocenters. The summed E-state index contributed by atoms with van der Waals surface area (Å²) in [5.74, 6) is 6.06. The highest BCUT2D eigenvalue weighted by atomic mass is 28.4. The average Bonchev–Trinajstić information content (AvgIpc) is 0.771. The summed E-state index contributed by atoms with van der Waals surface area (Å²) in [7, 11) is -20.3.